The molecule has 0 amide bonds. The summed E-state index contributed by atoms with van der Waals surface area (Å²) in [4.78, 5) is 0. The van der Waals surface area contributed by atoms with Gasteiger partial charge in [-0.3, -0.25) is 0 Å². The number of nitrogens with one attached hydrogen (secondary N) is 1. The molecule has 0 aliphatic rings. The average molecular weight is 303 g/mol. The lowest BCUT2D eigenvalue weighted by Gasteiger charge is -2.07. The summed E-state index contributed by atoms with van der Waals surface area (Å²) >= 11 is 0. The van der Waals surface area contributed by atoms with Crippen molar-refractivity contribution < 1.29 is 8.42 Å². The lowest BCUT2D eigenvalue weighted by molar-refractivity contribution is 0.578. The molecule has 3 nitrogen and oxygen atoms in total. The summed E-state index contributed by atoms with van der Waals surface area (Å²) in [7, 11) is -3.25. The minimum atomic E-state index is -3.25. The van der Waals surface area contributed by atoms with Crippen molar-refractivity contribution in [1.82, 2.24) is 4.72 Å². The molecule has 0 radical (unpaired) electrons. The van der Waals surface area contributed by atoms with Crippen molar-refractivity contribution in [2.45, 2.75) is 25.5 Å². The van der Waals surface area contributed by atoms with Gasteiger partial charge >= 0.3 is 0 Å². The predicted octanol–water partition coefficient (Wildman–Crippen LogP) is 3.05. The Hall–Kier alpha value is -1.65. The second-order valence-corrected chi connectivity index (χ2v) is 7.04. The molecule has 2 rings (SSSR count). The van der Waals surface area contributed by atoms with Crippen molar-refractivity contribution in [3.05, 3.63) is 71.3 Å². The molecule has 4 heteroatoms. The zero-order chi connectivity index (χ0) is 15.1. The van der Waals surface area contributed by atoms with E-state index in [1.165, 1.54) is 11.1 Å². The SMILES string of the molecule is Cc1cccc(CCCNS(=O)(=O)Cc2ccccc2)c1. The van der Waals surface area contributed by atoms with Crippen LogP contribution in [0.4, 0.5) is 0 Å². The smallest absolute Gasteiger partial charge is 0.215 e. The summed E-state index contributed by atoms with van der Waals surface area (Å²) in [5.41, 5.74) is 3.29. The maximum absolute atomic E-state index is 12.0. The van der Waals surface area contributed by atoms with Crippen molar-refractivity contribution in [2.24, 2.45) is 0 Å². The molecule has 0 heterocycles. The van der Waals surface area contributed by atoms with Crippen LogP contribution in [0.15, 0.2) is 54.6 Å². The molecular weight excluding hydrogens is 282 g/mol. The minimum Gasteiger partial charge on any atom is -0.215 e. The Morgan fingerprint density at radius 1 is 0.952 bits per heavy atom. The highest BCUT2D eigenvalue weighted by molar-refractivity contribution is 7.88. The largest absolute Gasteiger partial charge is 0.215 e. The van der Waals surface area contributed by atoms with Crippen LogP contribution in [0.2, 0.25) is 0 Å². The van der Waals surface area contributed by atoms with Gasteiger partial charge in [-0.2, -0.15) is 0 Å². The number of sulfonamides is 1. The van der Waals surface area contributed by atoms with Crippen LogP contribution in [0.5, 0.6) is 0 Å². The van der Waals surface area contributed by atoms with Gasteiger partial charge in [-0.25, -0.2) is 13.1 Å². The van der Waals surface area contributed by atoms with Crippen molar-refractivity contribution in [1.29, 1.82) is 0 Å². The van der Waals surface area contributed by atoms with E-state index in [1.54, 1.807) is 0 Å². The van der Waals surface area contributed by atoms with Gasteiger partial charge in [-0.05, 0) is 30.9 Å². The summed E-state index contributed by atoms with van der Waals surface area (Å²) in [6, 6.07) is 17.5. The second-order valence-electron chi connectivity index (χ2n) is 5.23. The molecule has 2 aromatic rings. The first-order valence-corrected chi connectivity index (χ1v) is 8.77. The molecule has 0 spiro atoms. The van der Waals surface area contributed by atoms with Crippen LogP contribution in [0.25, 0.3) is 0 Å². The van der Waals surface area contributed by atoms with Gasteiger partial charge in [0.2, 0.25) is 10.0 Å². The zero-order valence-corrected chi connectivity index (χ0v) is 13.1. The van der Waals surface area contributed by atoms with E-state index < -0.39 is 10.0 Å². The van der Waals surface area contributed by atoms with E-state index in [9.17, 15) is 8.42 Å². The van der Waals surface area contributed by atoms with Crippen molar-refractivity contribution in [2.75, 3.05) is 6.54 Å². The molecule has 1 N–H and O–H groups in total. The van der Waals surface area contributed by atoms with Crippen LogP contribution in [-0.4, -0.2) is 15.0 Å². The van der Waals surface area contributed by atoms with Crippen LogP contribution < -0.4 is 4.72 Å². The Balaban J connectivity index is 1.77. The topological polar surface area (TPSA) is 46.2 Å². The molecule has 0 saturated heterocycles. The molecule has 112 valence electrons. The van der Waals surface area contributed by atoms with Gasteiger partial charge in [0.1, 0.15) is 0 Å². The summed E-state index contributed by atoms with van der Waals surface area (Å²) in [5.74, 6) is 0.0400. The molecule has 0 saturated carbocycles. The van der Waals surface area contributed by atoms with Gasteiger partial charge in [-0.15, -0.1) is 0 Å². The van der Waals surface area contributed by atoms with E-state index in [-0.39, 0.29) is 5.75 Å². The number of aryl methyl sites for hydroxylation is 2. The molecule has 0 aromatic heterocycles. The normalized spacial score (nSPS) is 11.5. The highest BCUT2D eigenvalue weighted by atomic mass is 32.2. The van der Waals surface area contributed by atoms with Crippen LogP contribution in [0.1, 0.15) is 23.1 Å². The number of hydrogen-bond donors (Lipinski definition) is 1. The van der Waals surface area contributed by atoms with Crippen molar-refractivity contribution in [3.63, 3.8) is 0 Å². The molecule has 0 aliphatic carbocycles. The van der Waals surface area contributed by atoms with E-state index in [1.807, 2.05) is 36.4 Å². The first-order valence-electron chi connectivity index (χ1n) is 7.12. The van der Waals surface area contributed by atoms with Gasteiger partial charge in [0.15, 0.2) is 0 Å². The third kappa shape index (κ3) is 5.69. The maximum atomic E-state index is 12.0. The molecule has 0 bridgehead atoms. The molecule has 21 heavy (non-hydrogen) atoms. The molecule has 0 fully saturated rings. The maximum Gasteiger partial charge on any atom is 0.215 e. The van der Waals surface area contributed by atoms with Crippen LogP contribution >= 0.6 is 0 Å². The van der Waals surface area contributed by atoms with E-state index >= 15 is 0 Å². The highest BCUT2D eigenvalue weighted by Crippen LogP contribution is 2.07. The summed E-state index contributed by atoms with van der Waals surface area (Å²) in [6.07, 6.45) is 1.69. The fraction of sp³-hybridized carbons (Fsp3) is 0.294. The summed E-state index contributed by atoms with van der Waals surface area (Å²) in [6.45, 7) is 2.54. The highest BCUT2D eigenvalue weighted by Gasteiger charge is 2.10. The van der Waals surface area contributed by atoms with E-state index in [0.29, 0.717) is 6.54 Å². The lowest BCUT2D eigenvalue weighted by Crippen LogP contribution is -2.26. The average Bonchev–Trinajstić information content (AvgIpc) is 2.44. The molecule has 0 atom stereocenters. The lowest BCUT2D eigenvalue weighted by atomic mass is 10.1. The molecule has 0 aliphatic heterocycles. The quantitative estimate of drug-likeness (QED) is 0.799. The second kappa shape index (κ2) is 7.38. The van der Waals surface area contributed by atoms with Gasteiger partial charge in [0.25, 0.3) is 0 Å². The van der Waals surface area contributed by atoms with Crippen LogP contribution in [-0.2, 0) is 22.2 Å². The Labute approximate surface area is 127 Å². The van der Waals surface area contributed by atoms with Gasteiger partial charge in [0, 0.05) is 6.54 Å². The van der Waals surface area contributed by atoms with E-state index in [0.717, 1.165) is 18.4 Å². The summed E-state index contributed by atoms with van der Waals surface area (Å²) < 4.78 is 26.6. The van der Waals surface area contributed by atoms with Gasteiger partial charge < -0.3 is 0 Å². The zero-order valence-electron chi connectivity index (χ0n) is 12.2. The molecular formula is C17H21NO2S. The fourth-order valence-corrected chi connectivity index (χ4v) is 3.42. The molecule has 2 aromatic carbocycles. The fourth-order valence-electron chi connectivity index (χ4n) is 2.23. The Morgan fingerprint density at radius 3 is 2.38 bits per heavy atom. The van der Waals surface area contributed by atoms with Gasteiger partial charge in [-0.1, -0.05) is 60.2 Å². The number of benzene rings is 2. The van der Waals surface area contributed by atoms with Crippen molar-refractivity contribution in [3.8, 4) is 0 Å². The minimum absolute atomic E-state index is 0.0400. The van der Waals surface area contributed by atoms with E-state index in [2.05, 4.69) is 29.8 Å². The number of rotatable bonds is 7. The van der Waals surface area contributed by atoms with Crippen LogP contribution in [0.3, 0.4) is 0 Å². The Kier molecular flexibility index (Phi) is 5.53. The Morgan fingerprint density at radius 2 is 1.67 bits per heavy atom. The third-order valence-corrected chi connectivity index (χ3v) is 4.60. The Bertz CT molecular complexity index is 666. The first-order chi connectivity index (χ1) is 10.1. The predicted molar refractivity (Wildman–Crippen MR) is 86.6 cm³/mol. The standard InChI is InChI=1S/C17H21NO2S/c1-15-7-5-10-16(13-15)11-6-12-18-21(19,20)14-17-8-3-2-4-9-17/h2-5,7-10,13,18H,6,11-12,14H2,1H3. The molecule has 0 unspecified atom stereocenters. The third-order valence-electron chi connectivity index (χ3n) is 3.25. The number of hydrogen-bond acceptors (Lipinski definition) is 2. The summed E-state index contributed by atoms with van der Waals surface area (Å²) in [5, 5.41) is 0. The van der Waals surface area contributed by atoms with Gasteiger partial charge in [0.05, 0.1) is 5.75 Å². The monoisotopic (exact) mass is 303 g/mol. The van der Waals surface area contributed by atoms with Crippen molar-refractivity contribution >= 4 is 10.0 Å². The first kappa shape index (κ1) is 15.7. The van der Waals surface area contributed by atoms with Crippen LogP contribution in [0, 0.1) is 6.92 Å². The van der Waals surface area contributed by atoms with E-state index in [4.69, 9.17) is 0 Å².